The smallest absolute Gasteiger partial charge is 0.108 e. The van der Waals surface area contributed by atoms with Gasteiger partial charge in [-0.2, -0.15) is 0 Å². The molecule has 3 aromatic rings. The van der Waals surface area contributed by atoms with Crippen molar-refractivity contribution in [3.05, 3.63) is 107 Å². The van der Waals surface area contributed by atoms with Gasteiger partial charge in [0, 0.05) is 44.4 Å². The molecule has 0 spiro atoms. The fourth-order valence-corrected chi connectivity index (χ4v) is 4.58. The molecule has 0 N–H and O–H groups in total. The molecule has 3 nitrogen and oxygen atoms in total. The highest BCUT2D eigenvalue weighted by atomic mass is 35.5. The second-order valence-corrected chi connectivity index (χ2v) is 9.28. The Morgan fingerprint density at radius 3 is 1.83 bits per heavy atom. The van der Waals surface area contributed by atoms with Gasteiger partial charge in [0.2, 0.25) is 0 Å². The van der Waals surface area contributed by atoms with E-state index in [4.69, 9.17) is 16.3 Å². The Morgan fingerprint density at radius 1 is 0.657 bits per heavy atom. The molecule has 190 valence electrons. The maximum Gasteiger partial charge on any atom is 0.108 e. The van der Waals surface area contributed by atoms with Crippen LogP contribution >= 0.6 is 36.4 Å². The first-order chi connectivity index (χ1) is 16.3. The quantitative estimate of drug-likeness (QED) is 0.248. The van der Waals surface area contributed by atoms with Crippen LogP contribution in [0.1, 0.15) is 35.6 Å². The summed E-state index contributed by atoms with van der Waals surface area (Å²) in [5, 5.41) is 0.755. The van der Waals surface area contributed by atoms with Gasteiger partial charge in [-0.05, 0) is 54.6 Å². The van der Waals surface area contributed by atoms with Crippen molar-refractivity contribution in [1.82, 2.24) is 9.80 Å². The molecule has 4 rings (SSSR count). The normalized spacial score (nSPS) is 15.1. The maximum atomic E-state index is 6.36. The predicted molar refractivity (Wildman–Crippen MR) is 152 cm³/mol. The third kappa shape index (κ3) is 9.76. The van der Waals surface area contributed by atoms with Crippen LogP contribution < -0.4 is 0 Å². The van der Waals surface area contributed by atoms with E-state index in [1.165, 1.54) is 43.7 Å². The largest absolute Gasteiger partial charge is 0.369 e. The first-order valence-electron chi connectivity index (χ1n) is 12.2. The molecular formula is C29H37Cl3N2O. The molecule has 0 amide bonds. The van der Waals surface area contributed by atoms with Crippen molar-refractivity contribution in [2.24, 2.45) is 0 Å². The van der Waals surface area contributed by atoms with Gasteiger partial charge in [-0.1, -0.05) is 84.4 Å². The van der Waals surface area contributed by atoms with Gasteiger partial charge in [-0.25, -0.2) is 0 Å². The lowest BCUT2D eigenvalue weighted by Crippen LogP contribution is -2.47. The number of hydrogen-bond acceptors (Lipinski definition) is 3. The number of unbranched alkanes of at least 4 members (excludes halogenated alkanes) is 1. The molecule has 0 saturated carbocycles. The van der Waals surface area contributed by atoms with Crippen molar-refractivity contribution in [1.29, 1.82) is 0 Å². The van der Waals surface area contributed by atoms with Crippen LogP contribution in [0.5, 0.6) is 0 Å². The van der Waals surface area contributed by atoms with Gasteiger partial charge >= 0.3 is 0 Å². The average molecular weight is 536 g/mol. The molecule has 3 aromatic carbocycles. The van der Waals surface area contributed by atoms with E-state index in [9.17, 15) is 0 Å². The number of halogens is 3. The van der Waals surface area contributed by atoms with Crippen LogP contribution in [0.15, 0.2) is 84.9 Å². The van der Waals surface area contributed by atoms with E-state index in [-0.39, 0.29) is 30.9 Å². The SMILES string of the molecule is Cl.Cl.Clc1ccc(C(OCCCCN2CCN(CCc3ccccc3)CC2)c2ccccc2)cc1. The number of hydrogen-bond donors (Lipinski definition) is 0. The Bertz CT molecular complexity index is 933. The van der Waals surface area contributed by atoms with E-state index in [1.54, 1.807) is 0 Å². The zero-order valence-corrected chi connectivity index (χ0v) is 22.6. The van der Waals surface area contributed by atoms with E-state index in [0.717, 1.165) is 43.1 Å². The van der Waals surface area contributed by atoms with E-state index >= 15 is 0 Å². The molecule has 1 saturated heterocycles. The lowest BCUT2D eigenvalue weighted by molar-refractivity contribution is 0.0728. The number of benzene rings is 3. The Balaban J connectivity index is 0.00000216. The molecule has 6 heteroatoms. The van der Waals surface area contributed by atoms with Gasteiger partial charge in [0.05, 0.1) is 0 Å². The second kappa shape index (κ2) is 16.2. The van der Waals surface area contributed by atoms with Gasteiger partial charge in [0.25, 0.3) is 0 Å². The summed E-state index contributed by atoms with van der Waals surface area (Å²) in [4.78, 5) is 5.20. The summed E-state index contributed by atoms with van der Waals surface area (Å²) in [5.74, 6) is 0. The minimum Gasteiger partial charge on any atom is -0.369 e. The van der Waals surface area contributed by atoms with E-state index in [0.29, 0.717) is 0 Å². The van der Waals surface area contributed by atoms with Crippen LogP contribution in [0.3, 0.4) is 0 Å². The zero-order chi connectivity index (χ0) is 22.7. The van der Waals surface area contributed by atoms with Crippen molar-refractivity contribution >= 4 is 36.4 Å². The van der Waals surface area contributed by atoms with Gasteiger partial charge in [0.1, 0.15) is 6.10 Å². The summed E-state index contributed by atoms with van der Waals surface area (Å²) in [6, 6.07) is 29.3. The van der Waals surface area contributed by atoms with Gasteiger partial charge in [0.15, 0.2) is 0 Å². The van der Waals surface area contributed by atoms with Crippen molar-refractivity contribution in [2.45, 2.75) is 25.4 Å². The molecule has 0 bridgehead atoms. The predicted octanol–water partition coefficient (Wildman–Crippen LogP) is 6.93. The highest BCUT2D eigenvalue weighted by molar-refractivity contribution is 6.30. The van der Waals surface area contributed by atoms with Crippen LogP contribution in [-0.2, 0) is 11.2 Å². The molecule has 1 aliphatic rings. The highest BCUT2D eigenvalue weighted by Crippen LogP contribution is 2.27. The van der Waals surface area contributed by atoms with Gasteiger partial charge < -0.3 is 14.5 Å². The Morgan fingerprint density at radius 2 is 1.20 bits per heavy atom. The number of nitrogens with zero attached hydrogens (tertiary/aromatic N) is 2. The monoisotopic (exact) mass is 534 g/mol. The molecule has 1 heterocycles. The molecule has 35 heavy (non-hydrogen) atoms. The third-order valence-electron chi connectivity index (χ3n) is 6.45. The lowest BCUT2D eigenvalue weighted by Gasteiger charge is -2.34. The molecule has 0 aromatic heterocycles. The molecule has 0 aliphatic carbocycles. The van der Waals surface area contributed by atoms with E-state index < -0.39 is 0 Å². The van der Waals surface area contributed by atoms with Crippen LogP contribution in [0.4, 0.5) is 0 Å². The Kier molecular flexibility index (Phi) is 13.7. The molecule has 1 fully saturated rings. The van der Waals surface area contributed by atoms with Gasteiger partial charge in [-0.3, -0.25) is 0 Å². The lowest BCUT2D eigenvalue weighted by atomic mass is 10.0. The molecular weight excluding hydrogens is 499 g/mol. The summed E-state index contributed by atoms with van der Waals surface area (Å²) >= 11 is 6.09. The van der Waals surface area contributed by atoms with Crippen molar-refractivity contribution in [3.8, 4) is 0 Å². The zero-order valence-electron chi connectivity index (χ0n) is 20.2. The van der Waals surface area contributed by atoms with Crippen molar-refractivity contribution in [3.63, 3.8) is 0 Å². The number of piperazine rings is 1. The average Bonchev–Trinajstić information content (AvgIpc) is 2.87. The Labute approximate surface area is 228 Å². The first kappa shape index (κ1) is 29.6. The summed E-state index contributed by atoms with van der Waals surface area (Å²) in [7, 11) is 0. The van der Waals surface area contributed by atoms with Gasteiger partial charge in [-0.15, -0.1) is 24.8 Å². The van der Waals surface area contributed by atoms with E-state index in [2.05, 4.69) is 76.5 Å². The minimum atomic E-state index is -0.0448. The fourth-order valence-electron chi connectivity index (χ4n) is 4.46. The summed E-state index contributed by atoms with van der Waals surface area (Å²) < 4.78 is 6.36. The van der Waals surface area contributed by atoms with Crippen LogP contribution in [0.2, 0.25) is 5.02 Å². The topological polar surface area (TPSA) is 15.7 Å². The highest BCUT2D eigenvalue weighted by Gasteiger charge is 2.17. The number of ether oxygens (including phenoxy) is 1. The minimum absolute atomic E-state index is 0. The maximum absolute atomic E-state index is 6.36. The first-order valence-corrected chi connectivity index (χ1v) is 12.6. The van der Waals surface area contributed by atoms with Crippen molar-refractivity contribution in [2.75, 3.05) is 45.9 Å². The standard InChI is InChI=1S/C29H35ClN2O.2ClH/c30-28-15-13-27(14-16-28)29(26-11-5-2-6-12-26)33-24-8-7-18-31-20-22-32(23-21-31)19-17-25-9-3-1-4-10-25;;/h1-6,9-16,29H,7-8,17-24H2;2*1H. The molecule has 1 aliphatic heterocycles. The Hall–Kier alpha value is -1.59. The molecule has 1 unspecified atom stereocenters. The number of rotatable bonds is 11. The summed E-state index contributed by atoms with van der Waals surface area (Å²) in [6.45, 7) is 7.79. The van der Waals surface area contributed by atoms with E-state index in [1.807, 2.05) is 18.2 Å². The summed E-state index contributed by atoms with van der Waals surface area (Å²) in [5.41, 5.74) is 3.77. The van der Waals surface area contributed by atoms with Crippen LogP contribution in [0.25, 0.3) is 0 Å². The van der Waals surface area contributed by atoms with Crippen LogP contribution in [-0.4, -0.2) is 55.7 Å². The molecule has 1 atom stereocenters. The molecule has 0 radical (unpaired) electrons. The van der Waals surface area contributed by atoms with Crippen molar-refractivity contribution < 1.29 is 4.74 Å². The van der Waals surface area contributed by atoms with Crippen LogP contribution in [0, 0.1) is 0 Å². The summed E-state index contributed by atoms with van der Waals surface area (Å²) in [6.07, 6.45) is 3.35. The third-order valence-corrected chi connectivity index (χ3v) is 6.70. The second-order valence-electron chi connectivity index (χ2n) is 8.84. The fraction of sp³-hybridized carbons (Fsp3) is 0.379.